The number of thioether (sulfide) groups is 1. The highest BCUT2D eigenvalue weighted by molar-refractivity contribution is 9.10. The third-order valence-corrected chi connectivity index (χ3v) is 6.49. The number of para-hydroxylation sites is 2. The van der Waals surface area contributed by atoms with Crippen molar-refractivity contribution < 1.29 is 9.90 Å². The monoisotopic (exact) mass is 550 g/mol. The van der Waals surface area contributed by atoms with Gasteiger partial charge < -0.3 is 10.4 Å². The van der Waals surface area contributed by atoms with E-state index in [4.69, 9.17) is 0 Å². The van der Waals surface area contributed by atoms with Crippen LogP contribution in [0.4, 0.5) is 5.69 Å². The van der Waals surface area contributed by atoms with E-state index in [2.05, 4.69) is 42.0 Å². The van der Waals surface area contributed by atoms with Gasteiger partial charge in [-0.05, 0) is 49.4 Å². The Hall–Kier alpha value is -3.63. The molecule has 0 bridgehead atoms. The Morgan fingerprint density at radius 2 is 1.83 bits per heavy atom. The maximum atomic E-state index is 12.7. The van der Waals surface area contributed by atoms with E-state index in [0.29, 0.717) is 17.3 Å². The van der Waals surface area contributed by atoms with Gasteiger partial charge in [0.2, 0.25) is 0 Å². The van der Waals surface area contributed by atoms with E-state index in [1.165, 1.54) is 18.0 Å². The molecule has 0 saturated carbocycles. The van der Waals surface area contributed by atoms with Crippen molar-refractivity contribution >= 4 is 45.5 Å². The van der Waals surface area contributed by atoms with Crippen LogP contribution in [0.2, 0.25) is 0 Å². The van der Waals surface area contributed by atoms with Gasteiger partial charge in [-0.3, -0.25) is 9.36 Å². The molecule has 3 aromatic carbocycles. The predicted octanol–water partition coefficient (Wildman–Crippen LogP) is 4.98. The Morgan fingerprint density at radius 1 is 1.11 bits per heavy atom. The zero-order valence-corrected chi connectivity index (χ0v) is 21.2. The van der Waals surface area contributed by atoms with E-state index in [1.807, 2.05) is 65.2 Å². The molecule has 10 heteroatoms. The first-order valence-corrected chi connectivity index (χ1v) is 12.5. The van der Waals surface area contributed by atoms with Gasteiger partial charge in [-0.1, -0.05) is 64.1 Å². The summed E-state index contributed by atoms with van der Waals surface area (Å²) in [6.07, 6.45) is 1.40. The van der Waals surface area contributed by atoms with Gasteiger partial charge >= 0.3 is 0 Å². The number of nitrogens with one attached hydrogen (secondary N) is 2. The van der Waals surface area contributed by atoms with Crippen molar-refractivity contribution in [3.8, 4) is 11.4 Å². The number of hydrogen-bond donors (Lipinski definition) is 3. The Labute approximate surface area is 215 Å². The lowest BCUT2D eigenvalue weighted by atomic mass is 10.2. The number of phenols is 1. The molecule has 3 N–H and O–H groups in total. The number of rotatable bonds is 9. The number of carbonyl (C=O) groups excluding carboxylic acids is 1. The second kappa shape index (κ2) is 11.7. The van der Waals surface area contributed by atoms with Crippen LogP contribution in [0.1, 0.15) is 18.3 Å². The maximum Gasteiger partial charge on any atom is 0.253 e. The number of amides is 1. The van der Waals surface area contributed by atoms with Crippen LogP contribution in [0.5, 0.6) is 5.75 Å². The second-order valence-corrected chi connectivity index (χ2v) is 9.71. The Kier molecular flexibility index (Phi) is 8.17. The standard InChI is InChI=1S/C25H23BrN6O2S/c1-17(24(34)30-28-15-18-14-19(26)12-13-22(18)33)35-25-31-29-23(16-27-20-8-4-2-5-9-20)32(25)21-10-6-3-7-11-21/h2-15,17,27,33H,16H2,1H3,(H,30,34)/b28-15-/t17-/m1/s1. The van der Waals surface area contributed by atoms with Crippen LogP contribution in [-0.2, 0) is 11.3 Å². The number of nitrogens with zero attached hydrogens (tertiary/aromatic N) is 4. The molecular formula is C25H23BrN6O2S. The van der Waals surface area contributed by atoms with Crippen LogP contribution in [0.15, 0.2) is 93.6 Å². The molecule has 4 aromatic rings. The SMILES string of the molecule is C[C@@H](Sc1nnc(CNc2ccccc2)n1-c1ccccc1)C(=O)N/N=C\c1cc(Br)ccc1O. The first-order chi connectivity index (χ1) is 17.0. The third-order valence-electron chi connectivity index (χ3n) is 4.96. The van der Waals surface area contributed by atoms with Crippen LogP contribution in [-0.4, -0.2) is 37.2 Å². The molecule has 0 radical (unpaired) electrons. The number of hydrogen-bond acceptors (Lipinski definition) is 7. The van der Waals surface area contributed by atoms with Crippen LogP contribution in [0.3, 0.4) is 0 Å². The highest BCUT2D eigenvalue weighted by Crippen LogP contribution is 2.26. The summed E-state index contributed by atoms with van der Waals surface area (Å²) in [6, 6.07) is 24.6. The molecule has 35 heavy (non-hydrogen) atoms. The number of hydrazone groups is 1. The zero-order chi connectivity index (χ0) is 24.6. The van der Waals surface area contributed by atoms with E-state index in [0.717, 1.165) is 21.7 Å². The largest absolute Gasteiger partial charge is 0.507 e. The van der Waals surface area contributed by atoms with E-state index in [-0.39, 0.29) is 11.7 Å². The quantitative estimate of drug-likeness (QED) is 0.154. The summed E-state index contributed by atoms with van der Waals surface area (Å²) >= 11 is 4.63. The first kappa shape index (κ1) is 24.5. The minimum absolute atomic E-state index is 0.0706. The molecule has 0 fully saturated rings. The Morgan fingerprint density at radius 3 is 2.57 bits per heavy atom. The lowest BCUT2D eigenvalue weighted by Gasteiger charge is -2.13. The number of benzene rings is 3. The normalized spacial score (nSPS) is 11.9. The average molecular weight is 551 g/mol. The molecule has 1 heterocycles. The summed E-state index contributed by atoms with van der Waals surface area (Å²) in [5, 5.41) is 26.1. The lowest BCUT2D eigenvalue weighted by Crippen LogP contribution is -2.27. The molecular weight excluding hydrogens is 528 g/mol. The van der Waals surface area contributed by atoms with Crippen molar-refractivity contribution in [3.05, 3.63) is 94.7 Å². The molecule has 4 rings (SSSR count). The van der Waals surface area contributed by atoms with Crippen molar-refractivity contribution in [3.63, 3.8) is 0 Å². The van der Waals surface area contributed by atoms with Gasteiger partial charge in [-0.2, -0.15) is 5.10 Å². The Bertz CT molecular complexity index is 1310. The van der Waals surface area contributed by atoms with E-state index < -0.39 is 5.25 Å². The fraction of sp³-hybridized carbons (Fsp3) is 0.120. The van der Waals surface area contributed by atoms with Crippen LogP contribution >= 0.6 is 27.7 Å². The van der Waals surface area contributed by atoms with E-state index in [9.17, 15) is 9.90 Å². The lowest BCUT2D eigenvalue weighted by molar-refractivity contribution is -0.120. The molecule has 0 unspecified atom stereocenters. The molecule has 1 atom stereocenters. The minimum atomic E-state index is -0.496. The number of aromatic nitrogens is 3. The van der Waals surface area contributed by atoms with Crippen LogP contribution in [0.25, 0.3) is 5.69 Å². The van der Waals surface area contributed by atoms with Gasteiger partial charge in [0.05, 0.1) is 18.0 Å². The maximum absolute atomic E-state index is 12.7. The van der Waals surface area contributed by atoms with Gasteiger partial charge in [0, 0.05) is 21.4 Å². The fourth-order valence-electron chi connectivity index (χ4n) is 3.16. The predicted molar refractivity (Wildman–Crippen MR) is 142 cm³/mol. The van der Waals surface area contributed by atoms with Crippen molar-refractivity contribution in [2.24, 2.45) is 5.10 Å². The van der Waals surface area contributed by atoms with Gasteiger partial charge in [-0.15, -0.1) is 10.2 Å². The van der Waals surface area contributed by atoms with Gasteiger partial charge in [0.25, 0.3) is 5.91 Å². The van der Waals surface area contributed by atoms with Crippen LogP contribution < -0.4 is 10.7 Å². The van der Waals surface area contributed by atoms with Crippen molar-refractivity contribution in [1.82, 2.24) is 20.2 Å². The number of halogens is 1. The smallest absolute Gasteiger partial charge is 0.253 e. The van der Waals surface area contributed by atoms with Crippen LogP contribution in [0, 0.1) is 0 Å². The summed E-state index contributed by atoms with van der Waals surface area (Å²) in [5.74, 6) is 0.492. The summed E-state index contributed by atoms with van der Waals surface area (Å²) in [6.45, 7) is 2.24. The highest BCUT2D eigenvalue weighted by atomic mass is 79.9. The molecule has 1 amide bonds. The first-order valence-electron chi connectivity index (χ1n) is 10.8. The number of carbonyl (C=O) groups is 1. The molecule has 0 spiro atoms. The van der Waals surface area contributed by atoms with Gasteiger partial charge in [0.1, 0.15) is 5.75 Å². The third kappa shape index (κ3) is 6.49. The number of aromatic hydroxyl groups is 1. The van der Waals surface area contributed by atoms with Crippen molar-refractivity contribution in [2.45, 2.75) is 23.9 Å². The second-order valence-electron chi connectivity index (χ2n) is 7.49. The van der Waals surface area contributed by atoms with Crippen molar-refractivity contribution in [1.29, 1.82) is 0 Å². The zero-order valence-electron chi connectivity index (χ0n) is 18.8. The van der Waals surface area contributed by atoms with E-state index >= 15 is 0 Å². The summed E-state index contributed by atoms with van der Waals surface area (Å²) in [7, 11) is 0. The van der Waals surface area contributed by atoms with Gasteiger partial charge in [0.15, 0.2) is 11.0 Å². The summed E-state index contributed by atoms with van der Waals surface area (Å²) < 4.78 is 2.73. The number of anilines is 1. The van der Waals surface area contributed by atoms with Crippen molar-refractivity contribution in [2.75, 3.05) is 5.32 Å². The minimum Gasteiger partial charge on any atom is -0.507 e. The van der Waals surface area contributed by atoms with Gasteiger partial charge in [-0.25, -0.2) is 5.43 Å². The molecule has 0 aliphatic carbocycles. The molecule has 0 aliphatic heterocycles. The Balaban J connectivity index is 1.47. The molecule has 0 aliphatic rings. The summed E-state index contributed by atoms with van der Waals surface area (Å²) in [5.41, 5.74) is 4.89. The molecule has 8 nitrogen and oxygen atoms in total. The topological polar surface area (TPSA) is 104 Å². The average Bonchev–Trinajstić information content (AvgIpc) is 3.28. The van der Waals surface area contributed by atoms with E-state index in [1.54, 1.807) is 25.1 Å². The summed E-state index contributed by atoms with van der Waals surface area (Å²) in [4.78, 5) is 12.7. The highest BCUT2D eigenvalue weighted by Gasteiger charge is 2.21. The number of phenolic OH excluding ortho intramolecular Hbond substituents is 1. The molecule has 178 valence electrons. The fourth-order valence-corrected chi connectivity index (χ4v) is 4.42. The molecule has 1 aromatic heterocycles. The molecule has 0 saturated heterocycles.